The second-order valence-electron chi connectivity index (χ2n) is 5.70. The molecule has 2 heterocycles. The van der Waals surface area contributed by atoms with E-state index in [1.54, 1.807) is 18.2 Å². The van der Waals surface area contributed by atoms with Gasteiger partial charge in [-0.25, -0.2) is 9.97 Å². The van der Waals surface area contributed by atoms with E-state index in [1.807, 2.05) is 36.6 Å². The minimum absolute atomic E-state index is 0.00478. The number of Topliss-reactive ketones (excluding diaryl/α,β-unsaturated/α-hetero) is 1. The zero-order valence-corrected chi connectivity index (χ0v) is 15.0. The van der Waals surface area contributed by atoms with Gasteiger partial charge in [-0.3, -0.25) is 9.59 Å². The van der Waals surface area contributed by atoms with Crippen LogP contribution >= 0.6 is 11.3 Å². The van der Waals surface area contributed by atoms with Gasteiger partial charge in [-0.2, -0.15) is 0 Å². The van der Waals surface area contributed by atoms with Crippen LogP contribution in [0.15, 0.2) is 54.2 Å². The highest BCUT2D eigenvalue weighted by Gasteiger charge is 2.10. The van der Waals surface area contributed by atoms with Crippen molar-refractivity contribution in [2.75, 3.05) is 10.6 Å². The van der Waals surface area contributed by atoms with E-state index in [4.69, 9.17) is 0 Å². The van der Waals surface area contributed by atoms with Gasteiger partial charge in [-0.15, -0.1) is 11.3 Å². The van der Waals surface area contributed by atoms with Crippen LogP contribution in [0.25, 0.3) is 0 Å². The first kappa shape index (κ1) is 17.8. The van der Waals surface area contributed by atoms with Crippen molar-refractivity contribution in [3.63, 3.8) is 0 Å². The molecule has 0 atom stereocenters. The molecule has 0 saturated carbocycles. The molecule has 26 heavy (non-hydrogen) atoms. The number of nitrogens with one attached hydrogen (secondary N) is 2. The lowest BCUT2D eigenvalue weighted by molar-refractivity contribution is -0.116. The van der Waals surface area contributed by atoms with Gasteiger partial charge in [0.2, 0.25) is 5.91 Å². The van der Waals surface area contributed by atoms with Crippen LogP contribution in [0.5, 0.6) is 0 Å². The SMILES string of the molecule is Cc1cc(Nc2ccc(NC(=O)CCC(=O)c3cccs3)cc2)ncn1. The Kier molecular flexibility index (Phi) is 5.70. The predicted octanol–water partition coefficient (Wildman–Crippen LogP) is 4.19. The Bertz CT molecular complexity index is 892. The van der Waals surface area contributed by atoms with E-state index in [-0.39, 0.29) is 24.5 Å². The van der Waals surface area contributed by atoms with Gasteiger partial charge in [0.25, 0.3) is 0 Å². The van der Waals surface area contributed by atoms with Crippen LogP contribution in [-0.2, 0) is 4.79 Å². The Morgan fingerprint density at radius 3 is 2.50 bits per heavy atom. The van der Waals surface area contributed by atoms with Crippen LogP contribution in [0.2, 0.25) is 0 Å². The monoisotopic (exact) mass is 366 g/mol. The maximum absolute atomic E-state index is 12.0. The topological polar surface area (TPSA) is 84.0 Å². The number of ketones is 1. The highest BCUT2D eigenvalue weighted by atomic mass is 32.1. The number of thiophene rings is 1. The Balaban J connectivity index is 1.50. The quantitative estimate of drug-likeness (QED) is 0.613. The van der Waals surface area contributed by atoms with Gasteiger partial charge in [-0.05, 0) is 42.6 Å². The molecule has 2 aromatic heterocycles. The number of rotatable bonds is 7. The molecule has 6 nitrogen and oxygen atoms in total. The van der Waals surface area contributed by atoms with Crippen molar-refractivity contribution in [1.82, 2.24) is 9.97 Å². The zero-order chi connectivity index (χ0) is 18.4. The average molecular weight is 366 g/mol. The maximum Gasteiger partial charge on any atom is 0.224 e. The molecule has 0 fully saturated rings. The number of benzene rings is 1. The first-order valence-corrected chi connectivity index (χ1v) is 9.00. The number of hydrogen-bond donors (Lipinski definition) is 2. The average Bonchev–Trinajstić information content (AvgIpc) is 3.16. The summed E-state index contributed by atoms with van der Waals surface area (Å²) in [5, 5.41) is 7.83. The molecular formula is C19H18N4O2S. The van der Waals surface area contributed by atoms with E-state index < -0.39 is 0 Å². The first-order valence-electron chi connectivity index (χ1n) is 8.12. The van der Waals surface area contributed by atoms with Crippen molar-refractivity contribution in [1.29, 1.82) is 0 Å². The summed E-state index contributed by atoms with van der Waals surface area (Å²) >= 11 is 1.39. The fourth-order valence-corrected chi connectivity index (χ4v) is 3.01. The van der Waals surface area contributed by atoms with Crippen LogP contribution in [0.1, 0.15) is 28.2 Å². The number of aromatic nitrogens is 2. The number of hydrogen-bond acceptors (Lipinski definition) is 6. The highest BCUT2D eigenvalue weighted by Crippen LogP contribution is 2.18. The maximum atomic E-state index is 12.0. The van der Waals surface area contributed by atoms with Crippen molar-refractivity contribution >= 4 is 40.2 Å². The van der Waals surface area contributed by atoms with Crippen LogP contribution in [0.4, 0.5) is 17.2 Å². The molecule has 2 N–H and O–H groups in total. The first-order chi connectivity index (χ1) is 12.6. The van der Waals surface area contributed by atoms with Gasteiger partial charge >= 0.3 is 0 Å². The number of carbonyl (C=O) groups is 2. The van der Waals surface area contributed by atoms with Crippen molar-refractivity contribution in [2.45, 2.75) is 19.8 Å². The van der Waals surface area contributed by atoms with Crippen LogP contribution in [-0.4, -0.2) is 21.7 Å². The highest BCUT2D eigenvalue weighted by molar-refractivity contribution is 7.12. The molecule has 3 rings (SSSR count). The van der Waals surface area contributed by atoms with Crippen LogP contribution in [0.3, 0.4) is 0 Å². The van der Waals surface area contributed by atoms with E-state index >= 15 is 0 Å². The Morgan fingerprint density at radius 1 is 1.04 bits per heavy atom. The Hall–Kier alpha value is -3.06. The fraction of sp³-hybridized carbons (Fsp3) is 0.158. The van der Waals surface area contributed by atoms with E-state index in [0.717, 1.165) is 11.4 Å². The summed E-state index contributed by atoms with van der Waals surface area (Å²) in [5.74, 6) is 0.526. The lowest BCUT2D eigenvalue weighted by Crippen LogP contribution is -2.13. The largest absolute Gasteiger partial charge is 0.340 e. The van der Waals surface area contributed by atoms with Gasteiger partial charge in [-0.1, -0.05) is 6.07 Å². The zero-order valence-electron chi connectivity index (χ0n) is 14.2. The van der Waals surface area contributed by atoms with Gasteiger partial charge < -0.3 is 10.6 Å². The molecule has 7 heteroatoms. The summed E-state index contributed by atoms with van der Waals surface area (Å²) < 4.78 is 0. The van der Waals surface area contributed by atoms with Gasteiger partial charge in [0, 0.05) is 36.0 Å². The Morgan fingerprint density at radius 2 is 1.81 bits per heavy atom. The molecule has 0 aliphatic carbocycles. The van der Waals surface area contributed by atoms with Gasteiger partial charge in [0.1, 0.15) is 12.1 Å². The number of nitrogens with zero attached hydrogens (tertiary/aromatic N) is 2. The number of amides is 1. The normalized spacial score (nSPS) is 10.3. The molecule has 0 spiro atoms. The van der Waals surface area contributed by atoms with Gasteiger partial charge in [0.15, 0.2) is 5.78 Å². The lowest BCUT2D eigenvalue weighted by atomic mass is 10.2. The molecule has 1 aromatic carbocycles. The van der Waals surface area contributed by atoms with Crippen molar-refractivity contribution in [3.05, 3.63) is 64.7 Å². The molecule has 0 aliphatic rings. The van der Waals surface area contributed by atoms with Crippen LogP contribution < -0.4 is 10.6 Å². The number of aryl methyl sites for hydroxylation is 1. The number of anilines is 3. The molecule has 3 aromatic rings. The second-order valence-corrected chi connectivity index (χ2v) is 6.64. The van der Waals surface area contributed by atoms with Crippen LogP contribution in [0, 0.1) is 6.92 Å². The van der Waals surface area contributed by atoms with E-state index in [0.29, 0.717) is 16.4 Å². The molecule has 0 radical (unpaired) electrons. The number of carbonyl (C=O) groups excluding carboxylic acids is 2. The minimum atomic E-state index is -0.179. The molecule has 0 unspecified atom stereocenters. The molecule has 0 aliphatic heterocycles. The smallest absolute Gasteiger partial charge is 0.224 e. The van der Waals surface area contributed by atoms with E-state index in [1.165, 1.54) is 17.7 Å². The minimum Gasteiger partial charge on any atom is -0.340 e. The third-order valence-corrected chi connectivity index (χ3v) is 4.53. The second kappa shape index (κ2) is 8.35. The molecule has 132 valence electrons. The summed E-state index contributed by atoms with van der Waals surface area (Å²) in [6.07, 6.45) is 1.87. The standard InChI is InChI=1S/C19H18N4O2S/c1-13-11-18(21-12-20-13)22-14-4-6-15(7-5-14)23-19(25)9-8-16(24)17-3-2-10-26-17/h2-7,10-12H,8-9H2,1H3,(H,23,25)(H,20,21,22). The molecule has 0 bridgehead atoms. The third kappa shape index (κ3) is 4.97. The van der Waals surface area contributed by atoms with Gasteiger partial charge in [0.05, 0.1) is 4.88 Å². The summed E-state index contributed by atoms with van der Waals surface area (Å²) in [6.45, 7) is 1.90. The van der Waals surface area contributed by atoms with Crippen molar-refractivity contribution in [3.8, 4) is 0 Å². The molecule has 1 amide bonds. The summed E-state index contributed by atoms with van der Waals surface area (Å²) in [7, 11) is 0. The molecule has 0 saturated heterocycles. The fourth-order valence-electron chi connectivity index (χ4n) is 2.32. The van der Waals surface area contributed by atoms with Crippen molar-refractivity contribution in [2.24, 2.45) is 0 Å². The van der Waals surface area contributed by atoms with E-state index in [9.17, 15) is 9.59 Å². The summed E-state index contributed by atoms with van der Waals surface area (Å²) in [4.78, 5) is 32.8. The van der Waals surface area contributed by atoms with Crippen molar-refractivity contribution < 1.29 is 9.59 Å². The predicted molar refractivity (Wildman–Crippen MR) is 103 cm³/mol. The summed E-state index contributed by atoms with van der Waals surface area (Å²) in [5.41, 5.74) is 2.42. The van der Waals surface area contributed by atoms with E-state index in [2.05, 4.69) is 20.6 Å². The molecular weight excluding hydrogens is 348 g/mol. The Labute approximate surface area is 155 Å². The summed E-state index contributed by atoms with van der Waals surface area (Å²) in [6, 6.07) is 12.8. The lowest BCUT2D eigenvalue weighted by Gasteiger charge is -2.08. The third-order valence-electron chi connectivity index (χ3n) is 3.62.